The second-order valence-electron chi connectivity index (χ2n) is 50.5. The van der Waals surface area contributed by atoms with Crippen molar-refractivity contribution >= 4 is 0 Å². The predicted octanol–water partition coefficient (Wildman–Crippen LogP) is 32.4. The molecule has 0 aromatic heterocycles. The zero-order chi connectivity index (χ0) is 78.0. The van der Waals surface area contributed by atoms with E-state index in [1.165, 1.54) is 0 Å². The molecule has 0 rings (SSSR count). The summed E-state index contributed by atoms with van der Waals surface area (Å²) in [5.41, 5.74) is -5.59. The summed E-state index contributed by atoms with van der Waals surface area (Å²) in [6, 6.07) is 0. The first kappa shape index (κ1) is 95.0. The molecule has 0 aliphatic heterocycles. The van der Waals surface area contributed by atoms with E-state index in [0.717, 1.165) is 19.3 Å². The van der Waals surface area contributed by atoms with Gasteiger partial charge in [-0.2, -0.15) is 0 Å². The quantitative estimate of drug-likeness (QED) is 0.0904. The molecule has 0 bridgehead atoms. The van der Waals surface area contributed by atoms with Crippen LogP contribution in [0.15, 0.2) is 0 Å². The monoisotopic (exact) mass is 1330 g/mol. The molecule has 572 valence electrons. The highest BCUT2D eigenvalue weighted by atomic mass is 14.9. The molecule has 0 spiro atoms. The van der Waals surface area contributed by atoms with Gasteiger partial charge < -0.3 is 0 Å². The van der Waals surface area contributed by atoms with Gasteiger partial charge in [-0.3, -0.25) is 0 Å². The first-order valence-corrected chi connectivity index (χ1v) is 40.8. The lowest BCUT2D eigenvalue weighted by Gasteiger charge is -2.88. The fourth-order valence-electron chi connectivity index (χ4n) is 31.7. The lowest BCUT2D eigenvalue weighted by molar-refractivity contribution is -0.417. The Labute approximate surface area is 607 Å². The Balaban J connectivity index is 14.8. The standard InChI is InChI=1S/C95H192/c1-59-61-69(92(78(27,28)29,79(30,31)32)94(82(39,40)41,83(42,43)44)90(66(11)12,74(15,16)17)75(18,19)20)71(73(89(57,58)65(9)10)72(88(55,56)64(7)8)70(87(53,54)63(5)6)68(60-2)86(51,52)62(3)4)93(80(33,34)35,81(36,37)38)95(84(45,46)47,85(48,49)50)91(67(13)14,76(21,22)23)77(24,25)26/h62-73H,59-61H2,1-58H3. The van der Waals surface area contributed by atoms with Gasteiger partial charge in [-0.1, -0.05) is 414 Å². The molecule has 0 saturated carbocycles. The van der Waals surface area contributed by atoms with E-state index in [4.69, 9.17) is 0 Å². The Kier molecular flexibility index (Phi) is 27.8. The Bertz CT molecular complexity index is 2300. The number of rotatable bonds is 24. The van der Waals surface area contributed by atoms with Crippen LogP contribution in [-0.2, 0) is 0 Å². The summed E-state index contributed by atoms with van der Waals surface area (Å²) in [6.07, 6.45) is 3.41. The Morgan fingerprint density at radius 2 is 0.368 bits per heavy atom. The lowest BCUT2D eigenvalue weighted by atomic mass is 9.15. The van der Waals surface area contributed by atoms with Crippen molar-refractivity contribution in [1.29, 1.82) is 0 Å². The topological polar surface area (TPSA) is 0 Å². The van der Waals surface area contributed by atoms with Crippen LogP contribution in [0.25, 0.3) is 0 Å². The van der Waals surface area contributed by atoms with Crippen LogP contribution < -0.4 is 0 Å². The highest BCUT2D eigenvalue weighted by Gasteiger charge is 2.88. The van der Waals surface area contributed by atoms with E-state index in [-0.39, 0.29) is 121 Å². The summed E-state index contributed by atoms with van der Waals surface area (Å²) in [6.45, 7) is 162. The van der Waals surface area contributed by atoms with Gasteiger partial charge in [0.1, 0.15) is 0 Å². The number of hydrogen-bond acceptors (Lipinski definition) is 0. The molecular formula is C95H192. The summed E-state index contributed by atoms with van der Waals surface area (Å²) >= 11 is 0. The van der Waals surface area contributed by atoms with Gasteiger partial charge in [0.05, 0.1) is 0 Å². The van der Waals surface area contributed by atoms with E-state index in [9.17, 15) is 0 Å². The van der Waals surface area contributed by atoms with E-state index in [1.54, 1.807) is 0 Å². The van der Waals surface area contributed by atoms with E-state index >= 15 is 0 Å². The van der Waals surface area contributed by atoms with E-state index in [1.807, 2.05) is 0 Å². The third kappa shape index (κ3) is 13.7. The Morgan fingerprint density at radius 1 is 0.179 bits per heavy atom. The van der Waals surface area contributed by atoms with E-state index < -0.39 is 21.7 Å². The summed E-state index contributed by atoms with van der Waals surface area (Å²) in [4.78, 5) is 0. The summed E-state index contributed by atoms with van der Waals surface area (Å²) in [5, 5.41) is 0. The zero-order valence-corrected chi connectivity index (χ0v) is 78.0. The van der Waals surface area contributed by atoms with Crippen LogP contribution in [0.1, 0.15) is 421 Å². The van der Waals surface area contributed by atoms with Crippen LogP contribution in [0.5, 0.6) is 0 Å². The van der Waals surface area contributed by atoms with Crippen LogP contribution in [0.4, 0.5) is 0 Å². The Morgan fingerprint density at radius 3 is 0.526 bits per heavy atom. The molecule has 0 fully saturated rings. The Hall–Kier alpha value is 0. The number of hydrogen-bond donors (Lipinski definition) is 0. The molecule has 0 aromatic carbocycles. The first-order chi connectivity index (χ1) is 40.8. The molecule has 0 amide bonds. The molecule has 0 heterocycles. The van der Waals surface area contributed by atoms with Gasteiger partial charge in [0.15, 0.2) is 0 Å². The van der Waals surface area contributed by atoms with Crippen molar-refractivity contribution < 1.29 is 0 Å². The average molecular weight is 1330 g/mol. The normalized spacial score (nSPS) is 18.4. The van der Waals surface area contributed by atoms with Gasteiger partial charge in [0.2, 0.25) is 0 Å². The van der Waals surface area contributed by atoms with Gasteiger partial charge >= 0.3 is 0 Å². The van der Waals surface area contributed by atoms with Crippen LogP contribution >= 0.6 is 0 Å². The lowest BCUT2D eigenvalue weighted by Crippen LogP contribution is -2.84. The van der Waals surface area contributed by atoms with Crippen molar-refractivity contribution in [2.45, 2.75) is 421 Å². The molecule has 0 aliphatic rings. The van der Waals surface area contributed by atoms with Crippen molar-refractivity contribution in [3.8, 4) is 0 Å². The maximum absolute atomic E-state index is 2.93. The minimum absolute atomic E-state index is 0.0448. The summed E-state index contributed by atoms with van der Waals surface area (Å²) in [5.74, 6) is 3.86. The maximum atomic E-state index is 2.93. The van der Waals surface area contributed by atoms with Gasteiger partial charge in [-0.05, 0) is 197 Å². The minimum Gasteiger partial charge on any atom is -0.0654 e. The molecule has 0 aromatic rings. The van der Waals surface area contributed by atoms with Crippen molar-refractivity contribution in [2.75, 3.05) is 0 Å². The third-order valence-electron chi connectivity index (χ3n) is 31.7. The molecule has 6 unspecified atom stereocenters. The summed E-state index contributed by atoms with van der Waals surface area (Å²) in [7, 11) is 0. The highest BCUT2D eigenvalue weighted by molar-refractivity contribution is 5.35. The molecule has 0 nitrogen and oxygen atoms in total. The van der Waals surface area contributed by atoms with E-state index in [0.29, 0.717) is 47.3 Å². The molecule has 95 heavy (non-hydrogen) atoms. The van der Waals surface area contributed by atoms with Gasteiger partial charge in [0.25, 0.3) is 0 Å². The molecule has 0 aliphatic carbocycles. The first-order valence-electron chi connectivity index (χ1n) is 40.8. The second kappa shape index (κ2) is 27.8. The van der Waals surface area contributed by atoms with Crippen LogP contribution in [0, 0.1) is 190 Å². The summed E-state index contributed by atoms with van der Waals surface area (Å²) < 4.78 is 0. The fraction of sp³-hybridized carbons (Fsp3) is 1.00. The minimum atomic E-state index is -0.481. The molecule has 0 N–H and O–H groups in total. The van der Waals surface area contributed by atoms with Gasteiger partial charge in [0, 0.05) is 0 Å². The maximum Gasteiger partial charge on any atom is -0.00621 e. The third-order valence-corrected chi connectivity index (χ3v) is 31.7. The molecule has 0 heteroatoms. The predicted molar refractivity (Wildman–Crippen MR) is 438 cm³/mol. The highest BCUT2D eigenvalue weighted by Crippen LogP contribution is 2.93. The van der Waals surface area contributed by atoms with Crippen molar-refractivity contribution in [3.63, 3.8) is 0 Å². The van der Waals surface area contributed by atoms with Crippen molar-refractivity contribution in [1.82, 2.24) is 0 Å². The molecule has 6 atom stereocenters. The smallest absolute Gasteiger partial charge is 0.00621 e. The largest absolute Gasteiger partial charge is 0.0654 e. The molecule has 0 radical (unpaired) electrons. The van der Waals surface area contributed by atoms with Crippen LogP contribution in [0.2, 0.25) is 0 Å². The van der Waals surface area contributed by atoms with Crippen LogP contribution in [0.3, 0.4) is 0 Å². The van der Waals surface area contributed by atoms with Crippen molar-refractivity contribution in [3.05, 3.63) is 0 Å². The van der Waals surface area contributed by atoms with Crippen LogP contribution in [-0.4, -0.2) is 0 Å². The second-order valence-corrected chi connectivity index (χ2v) is 50.5. The van der Waals surface area contributed by atoms with Gasteiger partial charge in [-0.15, -0.1) is 0 Å². The average Bonchev–Trinajstić information content (AvgIpc) is 0.629. The molecule has 0 saturated heterocycles. The van der Waals surface area contributed by atoms with Gasteiger partial charge in [-0.25, -0.2) is 0 Å². The zero-order valence-electron chi connectivity index (χ0n) is 78.0. The molecular weight excluding hydrogens is 1140 g/mol. The van der Waals surface area contributed by atoms with E-state index in [2.05, 4.69) is 402 Å². The van der Waals surface area contributed by atoms with Crippen molar-refractivity contribution in [2.24, 2.45) is 190 Å². The SMILES string of the molecule is CCCC(C(C(C(C(C(CC)C(C)(C)C(C)C)C(C)(C)C(C)C)C(C)(C)C(C)C)C(C)(C)C(C)C)C(C(C)(C)C)(C(C)(C)C)C(C(C)(C)C)(C(C)(C)C)C(C(C)C)(C(C)(C)C)C(C)(C)C)C(C(C)(C)C)(C(C)(C)C)C(C(C)(C)C)(C(C)(C)C)C(C(C)C)(C(C)(C)C)C(C)(C)C. The fourth-order valence-corrected chi connectivity index (χ4v) is 31.7.